The second-order valence-electron chi connectivity index (χ2n) is 19.7. The molecule has 4 unspecified atom stereocenters. The number of carbonyl (C=O) groups excluding carboxylic acids is 2. The maximum Gasteiger partial charge on any atom is 0.335 e. The first-order chi connectivity index (χ1) is 25.9. The molecule has 0 radical (unpaired) electrons. The van der Waals surface area contributed by atoms with Gasteiger partial charge in [-0.05, 0) is 165 Å². The first-order valence-electron chi connectivity index (χ1n) is 20.9. The number of aromatic carboxylic acids is 1. The van der Waals surface area contributed by atoms with Gasteiger partial charge in [0, 0.05) is 24.2 Å². The zero-order chi connectivity index (χ0) is 39.7. The van der Waals surface area contributed by atoms with Crippen molar-refractivity contribution in [1.82, 2.24) is 10.6 Å². The molecule has 298 valence electrons. The summed E-state index contributed by atoms with van der Waals surface area (Å²) in [6.45, 7) is 19.3. The average Bonchev–Trinajstić information content (AvgIpc) is 3.55. The van der Waals surface area contributed by atoms with Crippen molar-refractivity contribution in [2.45, 2.75) is 125 Å². The van der Waals surface area contributed by atoms with Crippen molar-refractivity contribution in [3.63, 3.8) is 0 Å². The van der Waals surface area contributed by atoms with Crippen LogP contribution in [0.5, 0.6) is 0 Å². The molecule has 4 N–H and O–H groups in total. The summed E-state index contributed by atoms with van der Waals surface area (Å²) in [5.41, 5.74) is 2.64. The molecule has 7 rings (SSSR count). The lowest BCUT2D eigenvalue weighted by Crippen LogP contribution is -2.67. The fraction of sp³-hybridized carbons (Fsp3) is 0.638. The molecule has 7 nitrogen and oxygen atoms in total. The highest BCUT2D eigenvalue weighted by Crippen LogP contribution is 2.77. The summed E-state index contributed by atoms with van der Waals surface area (Å²) in [7, 11) is 0. The topological polar surface area (TPSA) is 116 Å². The van der Waals surface area contributed by atoms with Gasteiger partial charge in [-0.25, -0.2) is 9.18 Å². The lowest BCUT2D eigenvalue weighted by atomic mass is 9.32. The maximum absolute atomic E-state index is 15.3. The van der Waals surface area contributed by atoms with Crippen LogP contribution in [0.3, 0.4) is 0 Å². The fourth-order valence-electron chi connectivity index (χ4n) is 14.0. The molecule has 2 aromatic rings. The van der Waals surface area contributed by atoms with Crippen LogP contribution in [0.1, 0.15) is 138 Å². The molecule has 55 heavy (non-hydrogen) atoms. The normalized spacial score (nSPS) is 37.4. The van der Waals surface area contributed by atoms with E-state index in [4.69, 9.17) is 5.11 Å². The van der Waals surface area contributed by atoms with Gasteiger partial charge in [-0.15, -0.1) is 0 Å². The van der Waals surface area contributed by atoms with Crippen molar-refractivity contribution in [3.05, 3.63) is 82.7 Å². The lowest BCUT2D eigenvalue weighted by Gasteiger charge is -2.72. The fourth-order valence-corrected chi connectivity index (χ4v) is 14.0. The standard InChI is InChI=1S/C47H63FN2O5/c1-28(2)33-16-22-47(42(55)50-27-32-26-31(12-14-35(32)48)40(52)49-25-19-29-8-10-30(11-9-29)41(53)54)24-23-45(6)34(39(33)47)13-15-37-44(5)20-18-38(51)43(3,4)36(44)17-21-46(37,45)7/h8-12,14,26,33-34,36-39,51H,1,13,15-25,27H2,2-7H3,(H,49,52)(H,50,55)(H,53,54)/t33-,34?,36?,37?,38-,39?,44-,45+,46+,47-/m0/s1. The number of rotatable bonds is 9. The van der Waals surface area contributed by atoms with Gasteiger partial charge in [0.05, 0.1) is 17.1 Å². The van der Waals surface area contributed by atoms with E-state index in [-0.39, 0.29) is 69.1 Å². The van der Waals surface area contributed by atoms with E-state index < -0.39 is 17.2 Å². The van der Waals surface area contributed by atoms with E-state index in [1.807, 2.05) is 0 Å². The Morgan fingerprint density at radius 2 is 1.53 bits per heavy atom. The Balaban J connectivity index is 1.07. The highest BCUT2D eigenvalue weighted by atomic mass is 19.1. The van der Waals surface area contributed by atoms with E-state index in [2.05, 4.69) is 58.8 Å². The van der Waals surface area contributed by atoms with Gasteiger partial charge in [-0.2, -0.15) is 0 Å². The van der Waals surface area contributed by atoms with Crippen molar-refractivity contribution in [1.29, 1.82) is 0 Å². The smallest absolute Gasteiger partial charge is 0.335 e. The lowest BCUT2D eigenvalue weighted by molar-refractivity contribution is -0.246. The van der Waals surface area contributed by atoms with Gasteiger partial charge in [-0.1, -0.05) is 58.9 Å². The first-order valence-corrected chi connectivity index (χ1v) is 20.9. The van der Waals surface area contributed by atoms with Crippen LogP contribution >= 0.6 is 0 Å². The molecule has 8 heteroatoms. The predicted molar refractivity (Wildman–Crippen MR) is 213 cm³/mol. The van der Waals surface area contributed by atoms with Gasteiger partial charge in [0.15, 0.2) is 0 Å². The Labute approximate surface area is 327 Å². The summed E-state index contributed by atoms with van der Waals surface area (Å²) in [5, 5.41) is 26.3. The minimum Gasteiger partial charge on any atom is -0.478 e. The molecule has 0 spiro atoms. The highest BCUT2D eigenvalue weighted by Gasteiger charge is 2.71. The largest absolute Gasteiger partial charge is 0.478 e. The molecule has 0 saturated heterocycles. The Hall–Kier alpha value is -3.52. The Kier molecular flexibility index (Phi) is 10.2. The molecule has 2 amide bonds. The van der Waals surface area contributed by atoms with Crippen molar-refractivity contribution in [3.8, 4) is 0 Å². The van der Waals surface area contributed by atoms with Crippen LogP contribution in [0.4, 0.5) is 4.39 Å². The number of fused-ring (bicyclic) bond motifs is 7. The van der Waals surface area contributed by atoms with Crippen LogP contribution < -0.4 is 10.6 Å². The van der Waals surface area contributed by atoms with Crippen LogP contribution in [0, 0.1) is 62.5 Å². The van der Waals surface area contributed by atoms with E-state index in [0.717, 1.165) is 75.3 Å². The molecular formula is C47H63FN2O5. The second kappa shape index (κ2) is 14.1. The third-order valence-electron chi connectivity index (χ3n) is 17.1. The highest BCUT2D eigenvalue weighted by molar-refractivity contribution is 5.94. The summed E-state index contributed by atoms with van der Waals surface area (Å²) < 4.78 is 15.3. The number of carboxylic acids is 1. The van der Waals surface area contributed by atoms with Gasteiger partial charge < -0.3 is 20.8 Å². The quantitative estimate of drug-likeness (QED) is 0.191. The number of hydrogen-bond acceptors (Lipinski definition) is 4. The van der Waals surface area contributed by atoms with Crippen LogP contribution in [-0.2, 0) is 17.8 Å². The Bertz CT molecular complexity index is 1860. The molecular weight excluding hydrogens is 692 g/mol. The van der Waals surface area contributed by atoms with Gasteiger partial charge in [-0.3, -0.25) is 9.59 Å². The molecule has 0 aliphatic heterocycles. The number of hydrogen-bond donors (Lipinski definition) is 4. The van der Waals surface area contributed by atoms with E-state index in [0.29, 0.717) is 36.3 Å². The molecule has 10 atom stereocenters. The number of aliphatic hydroxyl groups excluding tert-OH is 1. The van der Waals surface area contributed by atoms with Crippen molar-refractivity contribution in [2.75, 3.05) is 6.54 Å². The number of carboxylic acid groups (broad SMARTS) is 1. The number of nitrogens with one attached hydrogen (secondary N) is 2. The number of benzene rings is 2. The number of halogens is 1. The molecule has 5 saturated carbocycles. The van der Waals surface area contributed by atoms with Crippen LogP contribution in [-0.4, -0.2) is 40.6 Å². The van der Waals surface area contributed by atoms with Gasteiger partial charge in [0.1, 0.15) is 5.82 Å². The minimum absolute atomic E-state index is 0.0109. The zero-order valence-corrected chi connectivity index (χ0v) is 33.9. The minimum atomic E-state index is -0.987. The van der Waals surface area contributed by atoms with E-state index >= 15 is 4.39 Å². The van der Waals surface area contributed by atoms with Gasteiger partial charge in [0.25, 0.3) is 5.91 Å². The monoisotopic (exact) mass is 754 g/mol. The van der Waals surface area contributed by atoms with Crippen LogP contribution in [0.2, 0.25) is 0 Å². The molecule has 5 aliphatic carbocycles. The zero-order valence-electron chi connectivity index (χ0n) is 33.9. The first kappa shape index (κ1) is 39.7. The van der Waals surface area contributed by atoms with E-state index in [9.17, 15) is 19.5 Å². The van der Waals surface area contributed by atoms with E-state index in [1.165, 1.54) is 18.2 Å². The number of aliphatic hydroxyl groups is 1. The third-order valence-corrected chi connectivity index (χ3v) is 17.1. The molecule has 5 fully saturated rings. The molecule has 0 heterocycles. The van der Waals surface area contributed by atoms with E-state index in [1.54, 1.807) is 24.3 Å². The van der Waals surface area contributed by atoms with Gasteiger partial charge in [0.2, 0.25) is 5.91 Å². The molecule has 0 aromatic heterocycles. The van der Waals surface area contributed by atoms with Gasteiger partial charge >= 0.3 is 5.97 Å². The summed E-state index contributed by atoms with van der Waals surface area (Å²) >= 11 is 0. The maximum atomic E-state index is 15.3. The summed E-state index contributed by atoms with van der Waals surface area (Å²) in [4.78, 5) is 38.9. The molecule has 2 aromatic carbocycles. The van der Waals surface area contributed by atoms with Crippen LogP contribution in [0.15, 0.2) is 54.6 Å². The second-order valence-corrected chi connectivity index (χ2v) is 19.7. The predicted octanol–water partition coefficient (Wildman–Crippen LogP) is 9.13. The third kappa shape index (κ3) is 6.28. The van der Waals surface area contributed by atoms with Crippen LogP contribution in [0.25, 0.3) is 0 Å². The number of amides is 2. The summed E-state index contributed by atoms with van der Waals surface area (Å²) in [6, 6.07) is 10.8. The number of carbonyl (C=O) groups is 3. The average molecular weight is 755 g/mol. The molecule has 0 bridgehead atoms. The van der Waals surface area contributed by atoms with Crippen molar-refractivity contribution < 1.29 is 29.0 Å². The summed E-state index contributed by atoms with van der Waals surface area (Å²) in [6.07, 6.45) is 10.4. The Morgan fingerprint density at radius 1 is 0.818 bits per heavy atom. The SMILES string of the molecule is C=C(C)[C@@H]1CC[C@]2(C(=O)NCc3cc(C(=O)NCCc4ccc(C(=O)O)cc4)ccc3F)CC[C@]3(C)C(CCC4[C@@]5(C)CC[C@H](O)C(C)(C)C5CC[C@]43C)C12. The molecule has 5 aliphatic rings. The van der Waals surface area contributed by atoms with Crippen molar-refractivity contribution >= 4 is 17.8 Å². The summed E-state index contributed by atoms with van der Waals surface area (Å²) in [5.74, 6) is 0.148. The number of allylic oxidation sites excluding steroid dienone is 1. The Morgan fingerprint density at radius 3 is 2.22 bits per heavy atom. The van der Waals surface area contributed by atoms with Crippen molar-refractivity contribution in [2.24, 2.45) is 56.7 Å².